The van der Waals surface area contributed by atoms with Crippen LogP contribution in [0, 0.1) is 6.92 Å². The van der Waals surface area contributed by atoms with Crippen LogP contribution in [-0.4, -0.2) is 44.3 Å². The van der Waals surface area contributed by atoms with E-state index in [-0.39, 0.29) is 6.04 Å². The van der Waals surface area contributed by atoms with Crippen molar-refractivity contribution in [2.24, 2.45) is 0 Å². The van der Waals surface area contributed by atoms with Gasteiger partial charge in [-0.25, -0.2) is 0 Å². The van der Waals surface area contributed by atoms with Crippen LogP contribution in [0.25, 0.3) is 5.65 Å². The molecule has 0 bridgehead atoms. The van der Waals surface area contributed by atoms with Gasteiger partial charge >= 0.3 is 0 Å². The van der Waals surface area contributed by atoms with Gasteiger partial charge in [-0.2, -0.15) is 4.52 Å². The van der Waals surface area contributed by atoms with Crippen LogP contribution in [-0.2, 0) is 0 Å². The summed E-state index contributed by atoms with van der Waals surface area (Å²) in [4.78, 5) is 2.36. The third-order valence-corrected chi connectivity index (χ3v) is 4.02. The van der Waals surface area contributed by atoms with Gasteiger partial charge in [-0.15, -0.1) is 15.3 Å². The molecule has 0 fully saturated rings. The van der Waals surface area contributed by atoms with Crippen molar-refractivity contribution in [3.05, 3.63) is 42.1 Å². The lowest BCUT2D eigenvalue weighted by Crippen LogP contribution is -2.33. The van der Waals surface area contributed by atoms with Gasteiger partial charge in [0.25, 0.3) is 0 Å². The monoisotopic (exact) mass is 314 g/mol. The first-order chi connectivity index (χ1) is 11.2. The lowest BCUT2D eigenvalue weighted by Gasteiger charge is -2.28. The van der Waals surface area contributed by atoms with Crippen molar-refractivity contribution >= 4 is 11.5 Å². The molecule has 3 aromatic heterocycles. The van der Waals surface area contributed by atoms with E-state index in [1.165, 1.54) is 0 Å². The predicted molar refractivity (Wildman–Crippen MR) is 88.4 cm³/mol. The second kappa shape index (κ2) is 6.78. The first-order valence-electron chi connectivity index (χ1n) is 7.93. The third kappa shape index (κ3) is 3.19. The predicted octanol–water partition coefficient (Wildman–Crippen LogP) is 2.52. The number of rotatable bonds is 7. The van der Waals surface area contributed by atoms with E-state index < -0.39 is 0 Å². The molecule has 0 aliphatic carbocycles. The Morgan fingerprint density at radius 3 is 2.74 bits per heavy atom. The van der Waals surface area contributed by atoms with E-state index in [9.17, 15) is 0 Å². The Bertz CT molecular complexity index is 747. The average molecular weight is 314 g/mol. The van der Waals surface area contributed by atoms with Crippen molar-refractivity contribution in [1.82, 2.24) is 24.7 Å². The number of fused-ring (bicyclic) bond motifs is 1. The van der Waals surface area contributed by atoms with Gasteiger partial charge in [0, 0.05) is 6.54 Å². The van der Waals surface area contributed by atoms with Gasteiger partial charge in [0.15, 0.2) is 11.5 Å². The van der Waals surface area contributed by atoms with E-state index in [1.54, 1.807) is 10.8 Å². The zero-order chi connectivity index (χ0) is 16.2. The van der Waals surface area contributed by atoms with Gasteiger partial charge in [-0.05, 0) is 44.3 Å². The number of aromatic nitrogens is 4. The van der Waals surface area contributed by atoms with Crippen LogP contribution in [0.15, 0.2) is 34.9 Å². The Kier molecular flexibility index (Phi) is 4.57. The van der Waals surface area contributed by atoms with Gasteiger partial charge in [0.2, 0.25) is 0 Å². The standard InChI is InChI=1S/C16H22N6O/c1-4-21(5-2)13(14-7-6-10-23-14)11-17-15-8-9-16-19-18-12(3)22(16)20-15/h6-10,13H,4-5,11H2,1-3H3,(H,17,20). The third-order valence-electron chi connectivity index (χ3n) is 4.02. The Morgan fingerprint density at radius 1 is 1.22 bits per heavy atom. The molecule has 3 aromatic rings. The normalized spacial score (nSPS) is 12.9. The topological polar surface area (TPSA) is 71.5 Å². The van der Waals surface area contributed by atoms with E-state index in [0.29, 0.717) is 0 Å². The van der Waals surface area contributed by atoms with E-state index in [2.05, 4.69) is 39.4 Å². The molecule has 1 unspecified atom stereocenters. The number of hydrogen-bond acceptors (Lipinski definition) is 6. The lowest BCUT2D eigenvalue weighted by atomic mass is 10.2. The Balaban J connectivity index is 1.78. The number of anilines is 1. The molecule has 23 heavy (non-hydrogen) atoms. The van der Waals surface area contributed by atoms with Gasteiger partial charge in [-0.3, -0.25) is 4.90 Å². The van der Waals surface area contributed by atoms with Gasteiger partial charge < -0.3 is 9.73 Å². The maximum Gasteiger partial charge on any atom is 0.178 e. The van der Waals surface area contributed by atoms with Crippen molar-refractivity contribution in [3.63, 3.8) is 0 Å². The molecule has 0 saturated carbocycles. The molecule has 7 nitrogen and oxygen atoms in total. The summed E-state index contributed by atoms with van der Waals surface area (Å²) in [5.41, 5.74) is 0.749. The fraction of sp³-hybridized carbons (Fsp3) is 0.438. The molecule has 0 spiro atoms. The maximum absolute atomic E-state index is 5.62. The van der Waals surface area contributed by atoms with Crippen LogP contribution in [0.5, 0.6) is 0 Å². The highest BCUT2D eigenvalue weighted by molar-refractivity contribution is 5.44. The largest absolute Gasteiger partial charge is 0.468 e. The van der Waals surface area contributed by atoms with Crippen LogP contribution in [0.1, 0.15) is 31.5 Å². The Hall–Kier alpha value is -2.41. The first-order valence-corrected chi connectivity index (χ1v) is 7.93. The van der Waals surface area contributed by atoms with Gasteiger partial charge in [0.1, 0.15) is 11.6 Å². The summed E-state index contributed by atoms with van der Waals surface area (Å²) < 4.78 is 7.36. The SMILES string of the molecule is CCN(CC)C(CNc1ccc2nnc(C)n2n1)c1ccco1. The molecular formula is C16H22N6O. The highest BCUT2D eigenvalue weighted by Crippen LogP contribution is 2.21. The summed E-state index contributed by atoms with van der Waals surface area (Å²) in [7, 11) is 0. The molecule has 1 N–H and O–H groups in total. The maximum atomic E-state index is 5.62. The fourth-order valence-corrected chi connectivity index (χ4v) is 2.75. The van der Waals surface area contributed by atoms with Gasteiger partial charge in [-0.1, -0.05) is 13.8 Å². The van der Waals surface area contributed by atoms with Gasteiger partial charge in [0.05, 0.1) is 12.3 Å². The number of likely N-dealkylation sites (N-methyl/N-ethyl adjacent to an activating group) is 1. The number of aryl methyl sites for hydroxylation is 1. The van der Waals surface area contributed by atoms with Crippen LogP contribution in [0.4, 0.5) is 5.82 Å². The second-order valence-electron chi connectivity index (χ2n) is 5.37. The van der Waals surface area contributed by atoms with Crippen molar-refractivity contribution in [2.75, 3.05) is 25.0 Å². The zero-order valence-corrected chi connectivity index (χ0v) is 13.7. The molecule has 1 atom stereocenters. The molecule has 0 saturated heterocycles. The molecule has 122 valence electrons. The van der Waals surface area contributed by atoms with Crippen LogP contribution >= 0.6 is 0 Å². The molecule has 7 heteroatoms. The highest BCUT2D eigenvalue weighted by atomic mass is 16.3. The zero-order valence-electron chi connectivity index (χ0n) is 13.7. The molecule has 0 amide bonds. The fourth-order valence-electron chi connectivity index (χ4n) is 2.75. The first kappa shape index (κ1) is 15.5. The van der Waals surface area contributed by atoms with Crippen LogP contribution < -0.4 is 5.32 Å². The molecule has 0 aliphatic heterocycles. The summed E-state index contributed by atoms with van der Waals surface area (Å²) in [6.45, 7) is 8.84. The number of hydrogen-bond donors (Lipinski definition) is 1. The molecule has 3 rings (SSSR count). The van der Waals surface area contributed by atoms with E-state index >= 15 is 0 Å². The Morgan fingerprint density at radius 2 is 2.04 bits per heavy atom. The molecule has 0 radical (unpaired) electrons. The molecule has 3 heterocycles. The van der Waals surface area contributed by atoms with Crippen molar-refractivity contribution in [3.8, 4) is 0 Å². The quantitative estimate of drug-likeness (QED) is 0.722. The summed E-state index contributed by atoms with van der Waals surface area (Å²) in [5.74, 6) is 2.53. The molecule has 0 aromatic carbocycles. The van der Waals surface area contributed by atoms with Crippen molar-refractivity contribution in [1.29, 1.82) is 0 Å². The minimum Gasteiger partial charge on any atom is -0.468 e. The molecular weight excluding hydrogens is 292 g/mol. The van der Waals surface area contributed by atoms with E-state index in [4.69, 9.17) is 4.42 Å². The van der Waals surface area contributed by atoms with Crippen LogP contribution in [0.3, 0.4) is 0 Å². The number of furan rings is 1. The highest BCUT2D eigenvalue weighted by Gasteiger charge is 2.20. The van der Waals surface area contributed by atoms with Crippen molar-refractivity contribution < 1.29 is 4.42 Å². The molecule has 0 aliphatic rings. The average Bonchev–Trinajstić information content (AvgIpc) is 3.22. The van der Waals surface area contributed by atoms with Crippen LogP contribution in [0.2, 0.25) is 0 Å². The summed E-state index contributed by atoms with van der Waals surface area (Å²) >= 11 is 0. The van der Waals surface area contributed by atoms with E-state index in [0.717, 1.165) is 42.7 Å². The smallest absolute Gasteiger partial charge is 0.178 e. The minimum absolute atomic E-state index is 0.166. The second-order valence-corrected chi connectivity index (χ2v) is 5.37. The lowest BCUT2D eigenvalue weighted by molar-refractivity contribution is 0.201. The van der Waals surface area contributed by atoms with E-state index in [1.807, 2.05) is 31.2 Å². The summed E-state index contributed by atoms with van der Waals surface area (Å²) in [6.07, 6.45) is 1.72. The number of nitrogens with zero attached hydrogens (tertiary/aromatic N) is 5. The van der Waals surface area contributed by atoms with Crippen molar-refractivity contribution in [2.45, 2.75) is 26.8 Å². The minimum atomic E-state index is 0.166. The summed E-state index contributed by atoms with van der Waals surface area (Å²) in [6, 6.07) is 7.95. The summed E-state index contributed by atoms with van der Waals surface area (Å²) in [5, 5.41) is 16.0. The Labute approximate surface area is 135 Å². The number of nitrogens with one attached hydrogen (secondary N) is 1.